The van der Waals surface area contributed by atoms with Crippen molar-refractivity contribution >= 4 is 9.28 Å². The van der Waals surface area contributed by atoms with Gasteiger partial charge in [0.15, 0.2) is 0 Å². The maximum Gasteiger partial charge on any atom is 0.321 e. The third-order valence-corrected chi connectivity index (χ3v) is 5.05. The van der Waals surface area contributed by atoms with Crippen LogP contribution in [0.1, 0.15) is 40.5 Å². The highest BCUT2D eigenvalue weighted by Gasteiger charge is 2.11. The fraction of sp³-hybridized carbons (Fsp3) is 1.00. The van der Waals surface area contributed by atoms with Crippen molar-refractivity contribution in [3.05, 3.63) is 0 Å². The van der Waals surface area contributed by atoms with Crippen LogP contribution in [0.5, 0.6) is 0 Å². The fourth-order valence-electron chi connectivity index (χ4n) is 1.77. The van der Waals surface area contributed by atoms with Gasteiger partial charge in [-0.2, -0.15) is 0 Å². The van der Waals surface area contributed by atoms with E-state index in [1.807, 2.05) is 0 Å². The first-order valence-electron chi connectivity index (χ1n) is 6.73. The van der Waals surface area contributed by atoms with Crippen LogP contribution in [-0.2, 0) is 8.85 Å². The molecule has 3 nitrogen and oxygen atoms in total. The lowest BCUT2D eigenvalue weighted by atomic mass is 10.3. The number of hydrogen-bond donors (Lipinski definition) is 0. The minimum absolute atomic E-state index is 0.799. The van der Waals surface area contributed by atoms with Crippen LogP contribution in [0.2, 0.25) is 6.04 Å². The minimum Gasteiger partial charge on any atom is -0.397 e. The van der Waals surface area contributed by atoms with Crippen LogP contribution in [0.25, 0.3) is 0 Å². The van der Waals surface area contributed by atoms with Crippen molar-refractivity contribution in [1.29, 1.82) is 0 Å². The molecule has 98 valence electrons. The highest BCUT2D eigenvalue weighted by molar-refractivity contribution is 6.44. The Morgan fingerprint density at radius 1 is 0.875 bits per heavy atom. The predicted molar refractivity (Wildman–Crippen MR) is 72.2 cm³/mol. The third-order valence-electron chi connectivity index (χ3n) is 2.76. The molecule has 0 saturated heterocycles. The minimum atomic E-state index is -1.33. The molecule has 0 atom stereocenters. The second-order valence-corrected chi connectivity index (χ2v) is 5.97. The molecule has 0 aromatic rings. The van der Waals surface area contributed by atoms with E-state index in [0.29, 0.717) is 0 Å². The summed E-state index contributed by atoms with van der Waals surface area (Å²) in [5.74, 6) is 0. The van der Waals surface area contributed by atoms with Crippen LogP contribution in [0.15, 0.2) is 0 Å². The van der Waals surface area contributed by atoms with Gasteiger partial charge < -0.3 is 13.8 Å². The highest BCUT2D eigenvalue weighted by atomic mass is 28.3. The molecule has 0 heterocycles. The quantitative estimate of drug-likeness (QED) is 0.413. The van der Waals surface area contributed by atoms with Crippen molar-refractivity contribution in [2.45, 2.75) is 46.6 Å². The topological polar surface area (TPSA) is 21.7 Å². The van der Waals surface area contributed by atoms with Gasteiger partial charge in [-0.05, 0) is 45.9 Å². The van der Waals surface area contributed by atoms with Crippen LogP contribution in [-0.4, -0.2) is 47.0 Å². The molecular weight excluding hydrogens is 218 g/mol. The third kappa shape index (κ3) is 8.27. The van der Waals surface area contributed by atoms with Gasteiger partial charge in [-0.1, -0.05) is 20.3 Å². The monoisotopic (exact) mass is 247 g/mol. The molecule has 0 aliphatic carbocycles. The lowest BCUT2D eigenvalue weighted by Gasteiger charge is -2.18. The summed E-state index contributed by atoms with van der Waals surface area (Å²) in [5, 5.41) is 0. The second kappa shape index (κ2) is 11.6. The average molecular weight is 247 g/mol. The lowest BCUT2D eigenvalue weighted by molar-refractivity contribution is 0.211. The van der Waals surface area contributed by atoms with E-state index in [1.165, 1.54) is 19.4 Å². The van der Waals surface area contributed by atoms with Crippen LogP contribution in [0.3, 0.4) is 0 Å². The normalized spacial score (nSPS) is 11.6. The summed E-state index contributed by atoms with van der Waals surface area (Å²) in [6, 6.07) is 1.16. The Kier molecular flexibility index (Phi) is 11.6. The highest BCUT2D eigenvalue weighted by Crippen LogP contribution is 2.05. The standard InChI is InChI=1S/C12H29NO2Si/c1-5-13(6-2)11-9-10-12-16(14-7-3)15-8-4/h16H,5-12H2,1-4H3. The van der Waals surface area contributed by atoms with E-state index >= 15 is 0 Å². The van der Waals surface area contributed by atoms with Crippen LogP contribution < -0.4 is 0 Å². The van der Waals surface area contributed by atoms with Crippen molar-refractivity contribution in [1.82, 2.24) is 4.90 Å². The van der Waals surface area contributed by atoms with Crippen molar-refractivity contribution in [2.24, 2.45) is 0 Å². The summed E-state index contributed by atoms with van der Waals surface area (Å²) >= 11 is 0. The van der Waals surface area contributed by atoms with E-state index in [0.717, 1.165) is 32.3 Å². The Morgan fingerprint density at radius 2 is 1.44 bits per heavy atom. The second-order valence-electron chi connectivity index (χ2n) is 3.86. The van der Waals surface area contributed by atoms with E-state index in [-0.39, 0.29) is 0 Å². The van der Waals surface area contributed by atoms with Gasteiger partial charge in [-0.15, -0.1) is 0 Å². The van der Waals surface area contributed by atoms with Gasteiger partial charge in [-0.25, -0.2) is 0 Å². The number of hydrogen-bond acceptors (Lipinski definition) is 3. The van der Waals surface area contributed by atoms with Crippen molar-refractivity contribution in [3.63, 3.8) is 0 Å². The molecule has 16 heavy (non-hydrogen) atoms. The molecule has 0 bridgehead atoms. The van der Waals surface area contributed by atoms with Gasteiger partial charge in [0.2, 0.25) is 0 Å². The predicted octanol–water partition coefficient (Wildman–Crippen LogP) is 2.40. The van der Waals surface area contributed by atoms with Gasteiger partial charge in [0.05, 0.1) is 0 Å². The lowest BCUT2D eigenvalue weighted by Crippen LogP contribution is -2.25. The summed E-state index contributed by atoms with van der Waals surface area (Å²) in [6.45, 7) is 13.7. The molecule has 0 spiro atoms. The van der Waals surface area contributed by atoms with E-state index in [1.54, 1.807) is 0 Å². The summed E-state index contributed by atoms with van der Waals surface area (Å²) in [6.07, 6.45) is 2.51. The first-order chi connectivity index (χ1) is 7.78. The molecule has 0 aliphatic heterocycles. The zero-order chi connectivity index (χ0) is 12.2. The first kappa shape index (κ1) is 16.1. The van der Waals surface area contributed by atoms with Gasteiger partial charge >= 0.3 is 9.28 Å². The first-order valence-corrected chi connectivity index (χ1v) is 8.49. The molecule has 0 rings (SSSR count). The van der Waals surface area contributed by atoms with E-state index < -0.39 is 9.28 Å². The molecule has 0 aromatic carbocycles. The van der Waals surface area contributed by atoms with Crippen LogP contribution in [0.4, 0.5) is 0 Å². The molecule has 0 aliphatic rings. The summed E-state index contributed by atoms with van der Waals surface area (Å²) < 4.78 is 11.3. The zero-order valence-electron chi connectivity index (χ0n) is 11.5. The molecule has 0 aromatic heterocycles. The van der Waals surface area contributed by atoms with Crippen molar-refractivity contribution in [2.75, 3.05) is 32.8 Å². The smallest absolute Gasteiger partial charge is 0.321 e. The van der Waals surface area contributed by atoms with Crippen molar-refractivity contribution in [3.8, 4) is 0 Å². The van der Waals surface area contributed by atoms with E-state index in [4.69, 9.17) is 8.85 Å². The molecule has 0 amide bonds. The molecular formula is C12H29NO2Si. The van der Waals surface area contributed by atoms with Crippen LogP contribution in [0, 0.1) is 0 Å². The number of unbranched alkanes of at least 4 members (excludes halogenated alkanes) is 1. The Balaban J connectivity index is 3.52. The fourth-order valence-corrected chi connectivity index (χ4v) is 3.57. The molecule has 0 unspecified atom stereocenters. The largest absolute Gasteiger partial charge is 0.397 e. The zero-order valence-corrected chi connectivity index (χ0v) is 12.7. The summed E-state index contributed by atoms with van der Waals surface area (Å²) in [7, 11) is -1.33. The molecule has 4 heteroatoms. The Bertz CT molecular complexity index is 137. The van der Waals surface area contributed by atoms with Gasteiger partial charge in [0.1, 0.15) is 0 Å². The van der Waals surface area contributed by atoms with Gasteiger partial charge in [0, 0.05) is 13.2 Å². The van der Waals surface area contributed by atoms with Crippen LogP contribution >= 0.6 is 0 Å². The van der Waals surface area contributed by atoms with Gasteiger partial charge in [0.25, 0.3) is 0 Å². The molecule has 0 fully saturated rings. The SMILES string of the molecule is CCO[SiH](CCCCN(CC)CC)OCC. The number of nitrogens with zero attached hydrogens (tertiary/aromatic N) is 1. The summed E-state index contributed by atoms with van der Waals surface area (Å²) in [4.78, 5) is 2.47. The van der Waals surface area contributed by atoms with Crippen molar-refractivity contribution < 1.29 is 8.85 Å². The van der Waals surface area contributed by atoms with Gasteiger partial charge in [-0.3, -0.25) is 0 Å². The Morgan fingerprint density at radius 3 is 1.88 bits per heavy atom. The molecule has 0 saturated carbocycles. The molecule has 0 radical (unpaired) electrons. The molecule has 0 N–H and O–H groups in total. The Hall–Kier alpha value is 0.0969. The maximum absolute atomic E-state index is 5.65. The maximum atomic E-state index is 5.65. The number of rotatable bonds is 11. The Labute approximate surface area is 103 Å². The van der Waals surface area contributed by atoms with E-state index in [2.05, 4.69) is 32.6 Å². The summed E-state index contributed by atoms with van der Waals surface area (Å²) in [5.41, 5.74) is 0. The van der Waals surface area contributed by atoms with E-state index in [9.17, 15) is 0 Å². The average Bonchev–Trinajstić information content (AvgIpc) is 2.30.